The van der Waals surface area contributed by atoms with Gasteiger partial charge in [0, 0.05) is 17.5 Å². The fourth-order valence-corrected chi connectivity index (χ4v) is 5.24. The van der Waals surface area contributed by atoms with Gasteiger partial charge >= 0.3 is 0 Å². The van der Waals surface area contributed by atoms with Gasteiger partial charge in [0.25, 0.3) is 5.91 Å². The van der Waals surface area contributed by atoms with E-state index >= 15 is 0 Å². The van der Waals surface area contributed by atoms with Crippen LogP contribution in [0, 0.1) is 5.92 Å². The lowest BCUT2D eigenvalue weighted by Gasteiger charge is -2.44. The highest BCUT2D eigenvalue weighted by atomic mass is 32.2. The zero-order valence-electron chi connectivity index (χ0n) is 12.8. The van der Waals surface area contributed by atoms with Crippen molar-refractivity contribution < 1.29 is 4.79 Å². The van der Waals surface area contributed by atoms with Crippen molar-refractivity contribution in [2.45, 2.75) is 28.1 Å². The molecule has 1 amide bonds. The van der Waals surface area contributed by atoms with E-state index in [-0.39, 0.29) is 5.91 Å². The third-order valence-electron chi connectivity index (χ3n) is 4.63. The summed E-state index contributed by atoms with van der Waals surface area (Å²) in [5.74, 6) is 0.677. The Bertz CT molecular complexity index is 680. The summed E-state index contributed by atoms with van der Waals surface area (Å²) in [7, 11) is 0. The van der Waals surface area contributed by atoms with Gasteiger partial charge in [0.2, 0.25) is 0 Å². The molecule has 1 atom stereocenters. The molecule has 1 aromatic heterocycles. The number of nitrogens with zero attached hydrogens (tertiary/aromatic N) is 2. The Morgan fingerprint density at radius 3 is 2.74 bits per heavy atom. The van der Waals surface area contributed by atoms with Crippen LogP contribution in [0.1, 0.15) is 22.5 Å². The standard InChI is InChI=1S/C17H19N3OS2/c21-16(19-14-11-20-8-6-12(14)7-9-20)15-10-18-17(23-15)22-13-4-2-1-3-5-13/h1-5,10,12,14H,6-9,11H2,(H,19,21)/t14-/m0/s1. The average molecular weight is 345 g/mol. The molecule has 0 aliphatic carbocycles. The predicted octanol–water partition coefficient (Wildman–Crippen LogP) is 3.12. The lowest BCUT2D eigenvalue weighted by molar-refractivity contribution is 0.0622. The number of thiazole rings is 1. The van der Waals surface area contributed by atoms with Gasteiger partial charge in [-0.05, 0) is 44.0 Å². The van der Waals surface area contributed by atoms with Crippen LogP contribution in [0.2, 0.25) is 0 Å². The van der Waals surface area contributed by atoms with Crippen molar-refractivity contribution in [1.82, 2.24) is 15.2 Å². The topological polar surface area (TPSA) is 45.2 Å². The Kier molecular flexibility index (Phi) is 4.37. The second kappa shape index (κ2) is 6.63. The Morgan fingerprint density at radius 1 is 1.26 bits per heavy atom. The van der Waals surface area contributed by atoms with E-state index in [1.165, 1.54) is 37.3 Å². The Labute approximate surface area is 144 Å². The molecule has 2 aromatic rings. The van der Waals surface area contributed by atoms with Crippen LogP contribution in [0.4, 0.5) is 0 Å². The maximum absolute atomic E-state index is 12.5. The summed E-state index contributed by atoms with van der Waals surface area (Å²) in [6, 6.07) is 10.4. The van der Waals surface area contributed by atoms with Gasteiger partial charge in [-0.1, -0.05) is 30.0 Å². The van der Waals surface area contributed by atoms with Crippen LogP contribution in [0.25, 0.3) is 0 Å². The second-order valence-corrected chi connectivity index (χ2v) is 8.47. The van der Waals surface area contributed by atoms with E-state index in [2.05, 4.69) is 27.3 Å². The van der Waals surface area contributed by atoms with Gasteiger partial charge < -0.3 is 10.2 Å². The highest BCUT2D eigenvalue weighted by Crippen LogP contribution is 2.31. The second-order valence-electron chi connectivity index (χ2n) is 6.12. The summed E-state index contributed by atoms with van der Waals surface area (Å²) in [5.41, 5.74) is 0. The number of benzene rings is 1. The molecule has 0 spiro atoms. The van der Waals surface area contributed by atoms with Crippen molar-refractivity contribution in [2.24, 2.45) is 5.92 Å². The molecule has 0 saturated carbocycles. The number of fused-ring (bicyclic) bond motifs is 3. The van der Waals surface area contributed by atoms with Crippen LogP contribution < -0.4 is 5.32 Å². The van der Waals surface area contributed by atoms with Crippen molar-refractivity contribution in [1.29, 1.82) is 0 Å². The van der Waals surface area contributed by atoms with Gasteiger partial charge in [-0.25, -0.2) is 4.98 Å². The summed E-state index contributed by atoms with van der Waals surface area (Å²) in [4.78, 5) is 21.2. The number of piperidine rings is 3. The normalized spacial score (nSPS) is 26.2. The number of carbonyl (C=O) groups excluding carboxylic acids is 1. The first-order valence-corrected chi connectivity index (χ1v) is 9.63. The number of hydrogen-bond acceptors (Lipinski definition) is 5. The summed E-state index contributed by atoms with van der Waals surface area (Å²) in [6.07, 6.45) is 4.12. The average Bonchev–Trinajstić information content (AvgIpc) is 3.05. The number of rotatable bonds is 4. The third kappa shape index (κ3) is 3.44. The quantitative estimate of drug-likeness (QED) is 0.925. The minimum atomic E-state index is 0.0289. The van der Waals surface area contributed by atoms with E-state index in [9.17, 15) is 4.79 Å². The maximum Gasteiger partial charge on any atom is 0.263 e. The minimum absolute atomic E-state index is 0.0289. The SMILES string of the molecule is O=C(N[C@H]1CN2CCC1CC2)c1cnc(Sc2ccccc2)s1. The van der Waals surface area contributed by atoms with E-state index in [1.54, 1.807) is 18.0 Å². The van der Waals surface area contributed by atoms with Crippen molar-refractivity contribution >= 4 is 29.0 Å². The smallest absolute Gasteiger partial charge is 0.263 e. The zero-order chi connectivity index (χ0) is 15.6. The fraction of sp³-hybridized carbons (Fsp3) is 0.412. The fourth-order valence-electron chi connectivity index (χ4n) is 3.37. The number of carbonyl (C=O) groups is 1. The number of amides is 1. The van der Waals surface area contributed by atoms with Crippen molar-refractivity contribution in [3.63, 3.8) is 0 Å². The first-order valence-electron chi connectivity index (χ1n) is 8.00. The molecule has 3 aliphatic heterocycles. The molecule has 2 bridgehead atoms. The first-order chi connectivity index (χ1) is 11.3. The van der Waals surface area contributed by atoms with Crippen molar-refractivity contribution in [3.05, 3.63) is 41.4 Å². The maximum atomic E-state index is 12.5. The van der Waals surface area contributed by atoms with Crippen LogP contribution in [0.3, 0.4) is 0 Å². The molecule has 3 aliphatic rings. The predicted molar refractivity (Wildman–Crippen MR) is 93.1 cm³/mol. The van der Waals surface area contributed by atoms with Crippen LogP contribution in [0.5, 0.6) is 0 Å². The highest BCUT2D eigenvalue weighted by molar-refractivity contribution is 8.01. The van der Waals surface area contributed by atoms with Crippen LogP contribution in [0.15, 0.2) is 45.8 Å². The molecule has 23 heavy (non-hydrogen) atoms. The molecular formula is C17H19N3OS2. The minimum Gasteiger partial charge on any atom is -0.347 e. The number of nitrogens with one attached hydrogen (secondary N) is 1. The monoisotopic (exact) mass is 345 g/mol. The van der Waals surface area contributed by atoms with Gasteiger partial charge in [-0.3, -0.25) is 4.79 Å². The van der Waals surface area contributed by atoms with Crippen molar-refractivity contribution in [2.75, 3.05) is 19.6 Å². The molecule has 1 aromatic carbocycles. The van der Waals surface area contributed by atoms with E-state index in [1.807, 2.05) is 18.2 Å². The molecular weight excluding hydrogens is 326 g/mol. The lowest BCUT2D eigenvalue weighted by Crippen LogP contribution is -2.57. The first kappa shape index (κ1) is 15.2. The van der Waals surface area contributed by atoms with E-state index < -0.39 is 0 Å². The molecule has 120 valence electrons. The largest absolute Gasteiger partial charge is 0.347 e. The highest BCUT2D eigenvalue weighted by Gasteiger charge is 2.35. The molecule has 1 N–H and O–H groups in total. The number of aromatic nitrogens is 1. The lowest BCUT2D eigenvalue weighted by atomic mass is 9.84. The summed E-state index contributed by atoms with van der Waals surface area (Å²) in [6.45, 7) is 3.38. The molecule has 0 radical (unpaired) electrons. The van der Waals surface area contributed by atoms with Crippen LogP contribution in [-0.2, 0) is 0 Å². The zero-order valence-corrected chi connectivity index (χ0v) is 14.4. The number of hydrogen-bond donors (Lipinski definition) is 1. The van der Waals surface area contributed by atoms with E-state index in [0.29, 0.717) is 16.8 Å². The van der Waals surface area contributed by atoms with Gasteiger partial charge in [0.05, 0.1) is 6.20 Å². The third-order valence-corrected chi connectivity index (χ3v) is 6.71. The molecule has 3 saturated heterocycles. The van der Waals surface area contributed by atoms with Gasteiger partial charge in [0.1, 0.15) is 4.88 Å². The van der Waals surface area contributed by atoms with E-state index in [0.717, 1.165) is 15.8 Å². The summed E-state index contributed by atoms with van der Waals surface area (Å²) in [5, 5.41) is 3.22. The molecule has 0 unspecified atom stereocenters. The van der Waals surface area contributed by atoms with Gasteiger partial charge in [-0.15, -0.1) is 11.3 Å². The Balaban J connectivity index is 1.39. The van der Waals surface area contributed by atoms with Crippen molar-refractivity contribution in [3.8, 4) is 0 Å². The van der Waals surface area contributed by atoms with E-state index in [4.69, 9.17) is 0 Å². The molecule has 4 heterocycles. The molecule has 6 heteroatoms. The van der Waals surface area contributed by atoms with Crippen LogP contribution >= 0.6 is 23.1 Å². The Hall–Kier alpha value is -1.37. The Morgan fingerprint density at radius 2 is 2.04 bits per heavy atom. The van der Waals surface area contributed by atoms with Gasteiger partial charge in [-0.2, -0.15) is 0 Å². The molecule has 5 rings (SSSR count). The molecule has 4 nitrogen and oxygen atoms in total. The molecule has 3 fully saturated rings. The van der Waals surface area contributed by atoms with Crippen LogP contribution in [-0.4, -0.2) is 41.5 Å². The summed E-state index contributed by atoms with van der Waals surface area (Å²) >= 11 is 3.07. The van der Waals surface area contributed by atoms with Gasteiger partial charge in [0.15, 0.2) is 4.34 Å². The summed E-state index contributed by atoms with van der Waals surface area (Å²) < 4.78 is 0.912.